The molecule has 0 aliphatic carbocycles. The smallest absolute Gasteiger partial charge is 0.337 e. The van der Waals surface area contributed by atoms with Crippen molar-refractivity contribution in [2.45, 2.75) is 18.6 Å². The van der Waals surface area contributed by atoms with Crippen LogP contribution in [0.25, 0.3) is 0 Å². The number of carboxylic acid groups (broad SMARTS) is 1. The Morgan fingerprint density at radius 2 is 2.35 bits per heavy atom. The highest BCUT2D eigenvalue weighted by Crippen LogP contribution is 2.31. The van der Waals surface area contributed by atoms with E-state index < -0.39 is 10.9 Å². The van der Waals surface area contributed by atoms with E-state index in [1.54, 1.807) is 0 Å². The van der Waals surface area contributed by atoms with E-state index in [-0.39, 0.29) is 11.3 Å². The summed E-state index contributed by atoms with van der Waals surface area (Å²) in [6, 6.07) is 3.92. The molecule has 108 valence electrons. The summed E-state index contributed by atoms with van der Waals surface area (Å²) in [6.07, 6.45) is 0.999. The van der Waals surface area contributed by atoms with E-state index in [9.17, 15) is 20.0 Å². The SMILES string of the molecule is CCC1CN(c2cc([N+](=O)[O-])ccc2C(=O)O)CCS1. The van der Waals surface area contributed by atoms with Gasteiger partial charge in [0.2, 0.25) is 0 Å². The number of nitrogens with zero attached hydrogens (tertiary/aromatic N) is 2. The zero-order chi connectivity index (χ0) is 14.7. The number of hydrogen-bond acceptors (Lipinski definition) is 5. The molecular weight excluding hydrogens is 280 g/mol. The van der Waals surface area contributed by atoms with E-state index in [1.165, 1.54) is 18.2 Å². The monoisotopic (exact) mass is 296 g/mol. The molecule has 1 atom stereocenters. The van der Waals surface area contributed by atoms with E-state index >= 15 is 0 Å². The third kappa shape index (κ3) is 3.04. The van der Waals surface area contributed by atoms with E-state index in [0.29, 0.717) is 17.5 Å². The molecule has 0 spiro atoms. The van der Waals surface area contributed by atoms with Crippen LogP contribution in [0.1, 0.15) is 23.7 Å². The van der Waals surface area contributed by atoms with Gasteiger partial charge in [-0.15, -0.1) is 0 Å². The molecule has 2 rings (SSSR count). The Kier molecular flexibility index (Phi) is 4.49. The number of aromatic carboxylic acids is 1. The largest absolute Gasteiger partial charge is 0.478 e. The van der Waals surface area contributed by atoms with Gasteiger partial charge in [-0.3, -0.25) is 10.1 Å². The van der Waals surface area contributed by atoms with Crippen molar-refractivity contribution in [3.63, 3.8) is 0 Å². The summed E-state index contributed by atoms with van der Waals surface area (Å²) in [5.41, 5.74) is 0.499. The number of hydrogen-bond donors (Lipinski definition) is 1. The van der Waals surface area contributed by atoms with Gasteiger partial charge >= 0.3 is 5.97 Å². The molecule has 0 radical (unpaired) electrons. The van der Waals surface area contributed by atoms with Gasteiger partial charge < -0.3 is 10.0 Å². The fraction of sp³-hybridized carbons (Fsp3) is 0.462. The Morgan fingerprint density at radius 3 is 2.95 bits per heavy atom. The predicted octanol–water partition coefficient (Wildman–Crippen LogP) is 2.62. The van der Waals surface area contributed by atoms with E-state index in [1.807, 2.05) is 16.7 Å². The van der Waals surface area contributed by atoms with Crippen LogP contribution in [0, 0.1) is 10.1 Å². The zero-order valence-corrected chi connectivity index (χ0v) is 11.9. The molecule has 0 aromatic heterocycles. The minimum Gasteiger partial charge on any atom is -0.478 e. The molecule has 1 aromatic rings. The number of nitro groups is 1. The predicted molar refractivity (Wildman–Crippen MR) is 78.8 cm³/mol. The van der Waals surface area contributed by atoms with Crippen molar-refractivity contribution in [1.29, 1.82) is 0 Å². The molecule has 20 heavy (non-hydrogen) atoms. The summed E-state index contributed by atoms with van der Waals surface area (Å²) in [7, 11) is 0. The Morgan fingerprint density at radius 1 is 1.60 bits per heavy atom. The number of rotatable bonds is 4. The zero-order valence-electron chi connectivity index (χ0n) is 11.1. The van der Waals surface area contributed by atoms with Crippen LogP contribution in [-0.2, 0) is 0 Å². The number of carbonyl (C=O) groups is 1. The Labute approximate surface area is 120 Å². The van der Waals surface area contributed by atoms with Gasteiger partial charge in [-0.25, -0.2) is 4.79 Å². The third-order valence-electron chi connectivity index (χ3n) is 3.36. The molecule has 0 saturated carbocycles. The molecule has 6 nitrogen and oxygen atoms in total. The van der Waals surface area contributed by atoms with Gasteiger partial charge in [0, 0.05) is 36.2 Å². The van der Waals surface area contributed by atoms with Crippen LogP contribution < -0.4 is 4.90 Å². The summed E-state index contributed by atoms with van der Waals surface area (Å²) in [6.45, 7) is 3.53. The maximum atomic E-state index is 11.3. The molecule has 1 fully saturated rings. The number of benzene rings is 1. The maximum Gasteiger partial charge on any atom is 0.337 e. The van der Waals surface area contributed by atoms with Crippen molar-refractivity contribution in [2.24, 2.45) is 0 Å². The number of anilines is 1. The highest BCUT2D eigenvalue weighted by molar-refractivity contribution is 8.00. The van der Waals surface area contributed by atoms with Gasteiger partial charge in [0.1, 0.15) is 0 Å². The average molecular weight is 296 g/mol. The molecule has 1 N–H and O–H groups in total. The summed E-state index contributed by atoms with van der Waals surface area (Å²) in [5, 5.41) is 20.6. The molecule has 1 unspecified atom stereocenters. The van der Waals surface area contributed by atoms with E-state index in [4.69, 9.17) is 0 Å². The molecular formula is C13H16N2O4S. The number of nitro benzene ring substituents is 1. The molecule has 0 amide bonds. The van der Waals surface area contributed by atoms with Crippen LogP contribution in [0.3, 0.4) is 0 Å². The number of non-ortho nitro benzene ring substituents is 1. The van der Waals surface area contributed by atoms with Crippen molar-refractivity contribution in [3.8, 4) is 0 Å². The minimum absolute atomic E-state index is 0.0729. The Hall–Kier alpha value is -1.76. The second-order valence-corrected chi connectivity index (χ2v) is 6.02. The number of carboxylic acids is 1. The van der Waals surface area contributed by atoms with Gasteiger partial charge in [-0.1, -0.05) is 6.92 Å². The van der Waals surface area contributed by atoms with Gasteiger partial charge in [-0.2, -0.15) is 11.8 Å². The maximum absolute atomic E-state index is 11.3. The lowest BCUT2D eigenvalue weighted by Gasteiger charge is -2.34. The van der Waals surface area contributed by atoms with Gasteiger partial charge in [0.15, 0.2) is 0 Å². The van der Waals surface area contributed by atoms with Crippen molar-refractivity contribution < 1.29 is 14.8 Å². The van der Waals surface area contributed by atoms with Crippen LogP contribution in [-0.4, -0.2) is 40.1 Å². The first-order chi connectivity index (χ1) is 9.52. The molecule has 1 aliphatic rings. The third-order valence-corrected chi connectivity index (χ3v) is 4.73. The first-order valence-corrected chi connectivity index (χ1v) is 7.46. The first kappa shape index (κ1) is 14.6. The fourth-order valence-corrected chi connectivity index (χ4v) is 3.44. The van der Waals surface area contributed by atoms with Crippen molar-refractivity contribution in [2.75, 3.05) is 23.7 Å². The van der Waals surface area contributed by atoms with E-state index in [2.05, 4.69) is 6.92 Å². The first-order valence-electron chi connectivity index (χ1n) is 6.41. The lowest BCUT2D eigenvalue weighted by atomic mass is 10.1. The molecule has 1 heterocycles. The fourth-order valence-electron chi connectivity index (χ4n) is 2.26. The highest BCUT2D eigenvalue weighted by atomic mass is 32.2. The lowest BCUT2D eigenvalue weighted by molar-refractivity contribution is -0.384. The molecule has 1 aliphatic heterocycles. The van der Waals surface area contributed by atoms with Crippen molar-refractivity contribution in [3.05, 3.63) is 33.9 Å². The number of thioether (sulfide) groups is 1. The van der Waals surface area contributed by atoms with Gasteiger partial charge in [0.05, 0.1) is 16.2 Å². The molecule has 1 saturated heterocycles. The summed E-state index contributed by atoms with van der Waals surface area (Å²) < 4.78 is 0. The Balaban J connectivity index is 2.38. The minimum atomic E-state index is -1.05. The summed E-state index contributed by atoms with van der Waals surface area (Å²) in [5.74, 6) is -0.151. The normalized spacial score (nSPS) is 18.9. The second-order valence-electron chi connectivity index (χ2n) is 4.61. The van der Waals surface area contributed by atoms with Gasteiger partial charge in [-0.05, 0) is 12.5 Å². The highest BCUT2D eigenvalue weighted by Gasteiger charge is 2.24. The van der Waals surface area contributed by atoms with Crippen molar-refractivity contribution in [1.82, 2.24) is 0 Å². The van der Waals surface area contributed by atoms with Crippen molar-refractivity contribution >= 4 is 29.1 Å². The van der Waals surface area contributed by atoms with Crippen LogP contribution in [0.2, 0.25) is 0 Å². The summed E-state index contributed by atoms with van der Waals surface area (Å²) >= 11 is 1.86. The van der Waals surface area contributed by atoms with Crippen LogP contribution in [0.15, 0.2) is 18.2 Å². The molecule has 1 aromatic carbocycles. The van der Waals surface area contributed by atoms with E-state index in [0.717, 1.165) is 18.7 Å². The second kappa shape index (κ2) is 6.13. The standard InChI is InChI=1S/C13H16N2O4S/c1-2-10-8-14(5-6-20-10)12-7-9(15(18)19)3-4-11(12)13(16)17/h3-4,7,10H,2,5-6,8H2,1H3,(H,16,17). The lowest BCUT2D eigenvalue weighted by Crippen LogP contribution is -2.38. The topological polar surface area (TPSA) is 83.7 Å². The van der Waals surface area contributed by atoms with Crippen LogP contribution in [0.4, 0.5) is 11.4 Å². The van der Waals surface area contributed by atoms with Crippen LogP contribution >= 0.6 is 11.8 Å². The molecule has 7 heteroatoms. The average Bonchev–Trinajstić information content (AvgIpc) is 2.46. The van der Waals surface area contributed by atoms with Crippen LogP contribution in [0.5, 0.6) is 0 Å². The van der Waals surface area contributed by atoms with Gasteiger partial charge in [0.25, 0.3) is 5.69 Å². The Bertz CT molecular complexity index is 535. The summed E-state index contributed by atoms with van der Waals surface area (Å²) in [4.78, 5) is 23.6. The molecule has 0 bridgehead atoms. The quantitative estimate of drug-likeness (QED) is 0.679.